The molecule has 0 radical (unpaired) electrons. The molecule has 3 heterocycles. The Kier molecular flexibility index (Phi) is 4.93. The van der Waals surface area contributed by atoms with Gasteiger partial charge < -0.3 is 20.3 Å². The monoisotopic (exact) mass is 330 g/mol. The summed E-state index contributed by atoms with van der Waals surface area (Å²) in [6.45, 7) is 2.59. The summed E-state index contributed by atoms with van der Waals surface area (Å²) in [5.74, 6) is 1.25. The summed E-state index contributed by atoms with van der Waals surface area (Å²) < 4.78 is 1.61. The largest absolute Gasteiger partial charge is 0.406 e. The molecule has 2 aromatic rings. The molecule has 0 bridgehead atoms. The number of pyridine rings is 1. The molecule has 0 saturated carbocycles. The van der Waals surface area contributed by atoms with Crippen LogP contribution < -0.4 is 10.2 Å². The molecule has 0 aromatic carbocycles. The Morgan fingerprint density at radius 1 is 1.21 bits per heavy atom. The average Bonchev–Trinajstić information content (AvgIpc) is 2.78. The predicted molar refractivity (Wildman–Crippen MR) is 92.1 cm³/mol. The smallest absolute Gasteiger partial charge is 0.360 e. The van der Waals surface area contributed by atoms with Crippen LogP contribution in [0.4, 0.5) is 17.5 Å². The molecule has 1 saturated heterocycles. The van der Waals surface area contributed by atoms with E-state index in [0.717, 1.165) is 24.5 Å². The van der Waals surface area contributed by atoms with Gasteiger partial charge in [0.1, 0.15) is 5.82 Å². The third kappa shape index (κ3) is 3.64. The maximum Gasteiger partial charge on any atom is 0.406 e. The minimum atomic E-state index is -0.483. The van der Waals surface area contributed by atoms with Crippen molar-refractivity contribution in [3.8, 4) is 0 Å². The summed E-state index contributed by atoms with van der Waals surface area (Å²) in [4.78, 5) is 21.2. The van der Waals surface area contributed by atoms with Gasteiger partial charge in [-0.2, -0.15) is 0 Å². The van der Waals surface area contributed by atoms with Crippen molar-refractivity contribution in [3.05, 3.63) is 40.3 Å². The Bertz CT molecular complexity index is 689. The number of rotatable bonds is 5. The van der Waals surface area contributed by atoms with Crippen LogP contribution in [0.1, 0.15) is 31.2 Å². The quantitative estimate of drug-likeness (QED) is 0.670. The standard InChI is InChI=1S/C16H22N6O2/c1-20-12-19-16(22(23)24)15(20)18-11-13-6-7-14(17-10-13)21-8-4-2-3-5-9-21/h6-7,10,12,18H,2-5,8-9,11H2,1H3. The third-order valence-corrected chi connectivity index (χ3v) is 4.29. The van der Waals surface area contributed by atoms with Gasteiger partial charge >= 0.3 is 5.82 Å². The fourth-order valence-electron chi connectivity index (χ4n) is 2.95. The number of hydrogen-bond acceptors (Lipinski definition) is 6. The molecule has 0 atom stereocenters. The lowest BCUT2D eigenvalue weighted by atomic mass is 10.2. The summed E-state index contributed by atoms with van der Waals surface area (Å²) >= 11 is 0. The summed E-state index contributed by atoms with van der Waals surface area (Å²) in [5, 5.41) is 14.0. The molecule has 24 heavy (non-hydrogen) atoms. The van der Waals surface area contributed by atoms with Crippen LogP contribution in [0.5, 0.6) is 0 Å². The number of hydrogen-bond donors (Lipinski definition) is 1. The van der Waals surface area contributed by atoms with Gasteiger partial charge in [0.05, 0.1) is 0 Å². The molecular formula is C16H22N6O2. The van der Waals surface area contributed by atoms with Gasteiger partial charge in [-0.15, -0.1) is 0 Å². The summed E-state index contributed by atoms with van der Waals surface area (Å²) in [5.41, 5.74) is 0.976. The van der Waals surface area contributed by atoms with Crippen LogP contribution in [0, 0.1) is 10.1 Å². The van der Waals surface area contributed by atoms with Gasteiger partial charge in [-0.05, 0) is 34.4 Å². The average molecular weight is 330 g/mol. The highest BCUT2D eigenvalue weighted by atomic mass is 16.6. The molecule has 3 rings (SSSR count). The first-order chi connectivity index (χ1) is 11.6. The fraction of sp³-hybridized carbons (Fsp3) is 0.500. The van der Waals surface area contributed by atoms with E-state index < -0.39 is 4.92 Å². The Hall–Kier alpha value is -2.64. The van der Waals surface area contributed by atoms with Crippen LogP contribution in [0.2, 0.25) is 0 Å². The second kappa shape index (κ2) is 7.29. The lowest BCUT2D eigenvalue weighted by molar-refractivity contribution is -0.388. The van der Waals surface area contributed by atoms with Gasteiger partial charge in [0.25, 0.3) is 0 Å². The number of nitrogens with zero attached hydrogens (tertiary/aromatic N) is 5. The second-order valence-electron chi connectivity index (χ2n) is 6.06. The topological polar surface area (TPSA) is 89.1 Å². The SMILES string of the molecule is Cn1cnc([N+](=O)[O-])c1NCc1ccc(N2CCCCCC2)nc1. The van der Waals surface area contributed by atoms with Crippen LogP contribution >= 0.6 is 0 Å². The molecule has 1 aliphatic rings. The van der Waals surface area contributed by atoms with Crippen LogP contribution in [-0.4, -0.2) is 32.5 Å². The highest BCUT2D eigenvalue weighted by Crippen LogP contribution is 2.22. The molecule has 128 valence electrons. The number of nitro groups is 1. The third-order valence-electron chi connectivity index (χ3n) is 4.29. The van der Waals surface area contributed by atoms with E-state index in [1.54, 1.807) is 11.6 Å². The highest BCUT2D eigenvalue weighted by Gasteiger charge is 2.19. The maximum absolute atomic E-state index is 11.0. The van der Waals surface area contributed by atoms with Crippen molar-refractivity contribution in [1.82, 2.24) is 14.5 Å². The van der Waals surface area contributed by atoms with Crippen molar-refractivity contribution in [1.29, 1.82) is 0 Å². The minimum Gasteiger partial charge on any atom is -0.360 e. The fourth-order valence-corrected chi connectivity index (χ4v) is 2.95. The molecule has 8 heteroatoms. The zero-order valence-electron chi connectivity index (χ0n) is 13.8. The van der Waals surface area contributed by atoms with Crippen molar-refractivity contribution < 1.29 is 4.92 Å². The molecule has 1 aliphatic heterocycles. The van der Waals surface area contributed by atoms with Crippen LogP contribution in [0.15, 0.2) is 24.7 Å². The van der Waals surface area contributed by atoms with Gasteiger partial charge in [0.2, 0.25) is 12.1 Å². The lowest BCUT2D eigenvalue weighted by Crippen LogP contribution is -2.24. The maximum atomic E-state index is 11.0. The molecular weight excluding hydrogens is 308 g/mol. The first kappa shape index (κ1) is 16.2. The molecule has 0 amide bonds. The Morgan fingerprint density at radius 3 is 2.58 bits per heavy atom. The van der Waals surface area contributed by atoms with E-state index in [9.17, 15) is 10.1 Å². The molecule has 8 nitrogen and oxygen atoms in total. The van der Waals surface area contributed by atoms with Gasteiger partial charge in [0.15, 0.2) is 0 Å². The molecule has 1 N–H and O–H groups in total. The van der Waals surface area contributed by atoms with Gasteiger partial charge in [0, 0.05) is 32.9 Å². The zero-order valence-corrected chi connectivity index (χ0v) is 13.8. The van der Waals surface area contributed by atoms with E-state index in [1.165, 1.54) is 32.0 Å². The predicted octanol–water partition coefficient (Wildman–Crippen LogP) is 2.72. The van der Waals surface area contributed by atoms with Gasteiger partial charge in [-0.3, -0.25) is 4.57 Å². The van der Waals surface area contributed by atoms with Crippen LogP contribution in [-0.2, 0) is 13.6 Å². The van der Waals surface area contributed by atoms with E-state index >= 15 is 0 Å². The minimum absolute atomic E-state index is 0.161. The Labute approximate surface area is 140 Å². The van der Waals surface area contributed by atoms with E-state index in [-0.39, 0.29) is 5.82 Å². The van der Waals surface area contributed by atoms with E-state index in [4.69, 9.17) is 0 Å². The summed E-state index contributed by atoms with van der Waals surface area (Å²) in [7, 11) is 1.73. The highest BCUT2D eigenvalue weighted by molar-refractivity contribution is 5.52. The van der Waals surface area contributed by atoms with Crippen molar-refractivity contribution in [2.45, 2.75) is 32.2 Å². The summed E-state index contributed by atoms with van der Waals surface area (Å²) in [6.07, 6.45) is 8.28. The Morgan fingerprint density at radius 2 is 1.96 bits per heavy atom. The van der Waals surface area contributed by atoms with Crippen LogP contribution in [0.25, 0.3) is 0 Å². The van der Waals surface area contributed by atoms with E-state index in [1.807, 2.05) is 18.3 Å². The number of aromatic nitrogens is 3. The van der Waals surface area contributed by atoms with Crippen molar-refractivity contribution in [2.75, 3.05) is 23.3 Å². The zero-order chi connectivity index (χ0) is 16.9. The van der Waals surface area contributed by atoms with Crippen molar-refractivity contribution in [3.63, 3.8) is 0 Å². The van der Waals surface area contributed by atoms with Crippen LogP contribution in [0.3, 0.4) is 0 Å². The first-order valence-electron chi connectivity index (χ1n) is 8.24. The molecule has 2 aromatic heterocycles. The van der Waals surface area contributed by atoms with E-state index in [0.29, 0.717) is 12.4 Å². The lowest BCUT2D eigenvalue weighted by Gasteiger charge is -2.21. The first-order valence-corrected chi connectivity index (χ1v) is 8.24. The molecule has 0 unspecified atom stereocenters. The van der Waals surface area contributed by atoms with Crippen molar-refractivity contribution >= 4 is 17.5 Å². The normalized spacial score (nSPS) is 15.1. The number of anilines is 2. The second-order valence-corrected chi connectivity index (χ2v) is 6.06. The molecule has 0 aliphatic carbocycles. The number of aryl methyl sites for hydroxylation is 1. The van der Waals surface area contributed by atoms with Crippen molar-refractivity contribution in [2.24, 2.45) is 7.05 Å². The Balaban J connectivity index is 1.64. The molecule has 1 fully saturated rings. The van der Waals surface area contributed by atoms with Gasteiger partial charge in [-0.1, -0.05) is 18.9 Å². The van der Waals surface area contributed by atoms with Gasteiger partial charge in [-0.25, -0.2) is 4.98 Å². The number of imidazole rings is 1. The number of nitrogens with one attached hydrogen (secondary N) is 1. The summed E-state index contributed by atoms with van der Waals surface area (Å²) in [6, 6.07) is 4.04. The molecule has 0 spiro atoms. The van der Waals surface area contributed by atoms with E-state index in [2.05, 4.69) is 20.2 Å².